The Morgan fingerprint density at radius 3 is 2.32 bits per heavy atom. The number of nitrogens with one attached hydrogen (secondary N) is 1. The van der Waals surface area contributed by atoms with Crippen LogP contribution < -0.4 is 5.32 Å². The van der Waals surface area contributed by atoms with Crippen molar-refractivity contribution in [3.63, 3.8) is 0 Å². The van der Waals surface area contributed by atoms with Gasteiger partial charge in [-0.1, -0.05) is 13.8 Å². The van der Waals surface area contributed by atoms with Gasteiger partial charge in [0.05, 0.1) is 18.1 Å². The molecule has 1 amide bonds. The van der Waals surface area contributed by atoms with Crippen molar-refractivity contribution in [2.24, 2.45) is 11.3 Å². The van der Waals surface area contributed by atoms with Gasteiger partial charge in [-0.2, -0.15) is 0 Å². The molecular weight excluding hydrogens is 250 g/mol. The highest BCUT2D eigenvalue weighted by Crippen LogP contribution is 2.31. The summed E-state index contributed by atoms with van der Waals surface area (Å²) < 4.78 is 4.94. The molecule has 0 aliphatic heterocycles. The van der Waals surface area contributed by atoms with E-state index in [1.54, 1.807) is 20.8 Å². The summed E-state index contributed by atoms with van der Waals surface area (Å²) in [4.78, 5) is 23.2. The van der Waals surface area contributed by atoms with E-state index in [9.17, 15) is 14.7 Å². The molecule has 0 heterocycles. The molecule has 0 rings (SSSR count). The zero-order chi connectivity index (χ0) is 15.1. The zero-order valence-electron chi connectivity index (χ0n) is 12.1. The second-order valence-corrected chi connectivity index (χ2v) is 5.29. The van der Waals surface area contributed by atoms with Crippen LogP contribution in [0.2, 0.25) is 0 Å². The van der Waals surface area contributed by atoms with E-state index in [1.807, 2.05) is 0 Å². The normalized spacial score (nSPS) is 15.9. The monoisotopic (exact) mass is 275 g/mol. The zero-order valence-corrected chi connectivity index (χ0v) is 12.1. The van der Waals surface area contributed by atoms with Crippen molar-refractivity contribution < 1.29 is 24.5 Å². The van der Waals surface area contributed by atoms with Crippen LogP contribution in [0.5, 0.6) is 0 Å². The van der Waals surface area contributed by atoms with Gasteiger partial charge < -0.3 is 20.3 Å². The number of methoxy groups -OCH3 is 1. The summed E-state index contributed by atoms with van der Waals surface area (Å²) >= 11 is 0. The molecule has 0 spiro atoms. The van der Waals surface area contributed by atoms with Crippen molar-refractivity contribution >= 4 is 11.9 Å². The summed E-state index contributed by atoms with van der Waals surface area (Å²) in [6, 6.07) is -0.298. The molecule has 0 aromatic carbocycles. The number of aliphatic hydroxyl groups is 1. The summed E-state index contributed by atoms with van der Waals surface area (Å²) in [6.45, 7) is 5.35. The summed E-state index contributed by atoms with van der Waals surface area (Å²) in [5.74, 6) is -1.48. The van der Waals surface area contributed by atoms with E-state index in [4.69, 9.17) is 9.84 Å². The Morgan fingerprint density at radius 1 is 1.37 bits per heavy atom. The minimum absolute atomic E-state index is 0.0608. The molecule has 0 aliphatic carbocycles. The lowest BCUT2D eigenvalue weighted by Gasteiger charge is -2.29. The summed E-state index contributed by atoms with van der Waals surface area (Å²) in [5.41, 5.74) is -1.10. The Bertz CT molecular complexity index is 299. The number of amides is 1. The molecule has 112 valence electrons. The number of hydrogen-bond donors (Lipinski definition) is 3. The molecule has 0 aliphatic rings. The van der Waals surface area contributed by atoms with Gasteiger partial charge in [-0.25, -0.2) is 0 Å². The standard InChI is InChI=1S/C13H25NO5/c1-9(2)13(3,12(17)18)7-11(16)14-10(5-6-15)8-19-4/h9-10,15H,5-8H2,1-4H3,(H,14,16)(H,17,18). The number of aliphatic hydroxyl groups excluding tert-OH is 1. The molecule has 0 bridgehead atoms. The molecular formula is C13H25NO5. The predicted octanol–water partition coefficient (Wildman–Crippen LogP) is 0.637. The molecule has 0 saturated heterocycles. The summed E-state index contributed by atoms with van der Waals surface area (Å²) in [6.07, 6.45) is 0.288. The molecule has 0 aromatic heterocycles. The lowest BCUT2D eigenvalue weighted by atomic mass is 9.76. The van der Waals surface area contributed by atoms with Gasteiger partial charge in [0.1, 0.15) is 0 Å². The number of carboxylic acid groups (broad SMARTS) is 1. The maximum absolute atomic E-state index is 11.9. The maximum atomic E-state index is 11.9. The molecule has 0 aromatic rings. The molecule has 0 fully saturated rings. The van der Waals surface area contributed by atoms with Crippen LogP contribution in [0.4, 0.5) is 0 Å². The van der Waals surface area contributed by atoms with Gasteiger partial charge in [-0.3, -0.25) is 9.59 Å². The molecule has 0 radical (unpaired) electrons. The van der Waals surface area contributed by atoms with Crippen LogP contribution in [0, 0.1) is 11.3 Å². The van der Waals surface area contributed by atoms with Gasteiger partial charge >= 0.3 is 5.97 Å². The van der Waals surface area contributed by atoms with Crippen molar-refractivity contribution in [3.05, 3.63) is 0 Å². The van der Waals surface area contributed by atoms with E-state index in [0.29, 0.717) is 6.42 Å². The quantitative estimate of drug-likeness (QED) is 0.574. The average molecular weight is 275 g/mol. The van der Waals surface area contributed by atoms with Crippen LogP contribution in [0.1, 0.15) is 33.6 Å². The van der Waals surface area contributed by atoms with Crippen LogP contribution in [-0.4, -0.2) is 48.5 Å². The Balaban J connectivity index is 4.61. The molecule has 6 nitrogen and oxygen atoms in total. The Morgan fingerprint density at radius 2 is 1.95 bits per heavy atom. The van der Waals surface area contributed by atoms with Crippen LogP contribution >= 0.6 is 0 Å². The van der Waals surface area contributed by atoms with Gasteiger partial charge in [-0.15, -0.1) is 0 Å². The van der Waals surface area contributed by atoms with E-state index in [1.165, 1.54) is 7.11 Å². The van der Waals surface area contributed by atoms with Crippen LogP contribution in [-0.2, 0) is 14.3 Å². The van der Waals surface area contributed by atoms with Crippen molar-refractivity contribution in [2.45, 2.75) is 39.7 Å². The van der Waals surface area contributed by atoms with Crippen LogP contribution in [0.25, 0.3) is 0 Å². The lowest BCUT2D eigenvalue weighted by molar-refractivity contribution is -0.153. The average Bonchev–Trinajstić information content (AvgIpc) is 2.28. The summed E-state index contributed by atoms with van der Waals surface area (Å²) in [7, 11) is 1.51. The third-order valence-electron chi connectivity index (χ3n) is 3.50. The van der Waals surface area contributed by atoms with Crippen LogP contribution in [0.3, 0.4) is 0 Å². The number of rotatable bonds is 9. The smallest absolute Gasteiger partial charge is 0.310 e. The van der Waals surface area contributed by atoms with Gasteiger partial charge in [0.2, 0.25) is 5.91 Å². The second-order valence-electron chi connectivity index (χ2n) is 5.29. The molecule has 2 atom stereocenters. The molecule has 6 heteroatoms. The highest BCUT2D eigenvalue weighted by molar-refractivity contribution is 5.85. The first-order valence-corrected chi connectivity index (χ1v) is 6.40. The number of carboxylic acids is 1. The first-order valence-electron chi connectivity index (χ1n) is 6.40. The highest BCUT2D eigenvalue weighted by atomic mass is 16.5. The second kappa shape index (κ2) is 8.12. The number of aliphatic carboxylic acids is 1. The highest BCUT2D eigenvalue weighted by Gasteiger charge is 2.39. The minimum atomic E-state index is -1.10. The third kappa shape index (κ3) is 5.57. The third-order valence-corrected chi connectivity index (χ3v) is 3.50. The summed E-state index contributed by atoms with van der Waals surface area (Å²) in [5, 5.41) is 20.8. The Hall–Kier alpha value is -1.14. The SMILES string of the molecule is COCC(CCO)NC(=O)CC(C)(C(=O)O)C(C)C. The van der Waals surface area contributed by atoms with E-state index >= 15 is 0 Å². The van der Waals surface area contributed by atoms with Crippen molar-refractivity contribution in [3.8, 4) is 0 Å². The van der Waals surface area contributed by atoms with Gasteiger partial charge in [0.25, 0.3) is 0 Å². The Kier molecular flexibility index (Phi) is 7.63. The minimum Gasteiger partial charge on any atom is -0.481 e. The van der Waals surface area contributed by atoms with Crippen molar-refractivity contribution in [1.29, 1.82) is 0 Å². The van der Waals surface area contributed by atoms with Crippen LogP contribution in [0.15, 0.2) is 0 Å². The number of carbonyl (C=O) groups excluding carboxylic acids is 1. The number of hydrogen-bond acceptors (Lipinski definition) is 4. The van der Waals surface area contributed by atoms with E-state index in [2.05, 4.69) is 5.32 Å². The fraction of sp³-hybridized carbons (Fsp3) is 0.846. The largest absolute Gasteiger partial charge is 0.481 e. The first kappa shape index (κ1) is 17.9. The maximum Gasteiger partial charge on any atom is 0.310 e. The first-order chi connectivity index (χ1) is 8.77. The lowest BCUT2D eigenvalue weighted by Crippen LogP contribution is -2.44. The van der Waals surface area contributed by atoms with E-state index in [-0.39, 0.29) is 37.5 Å². The van der Waals surface area contributed by atoms with E-state index in [0.717, 1.165) is 0 Å². The molecule has 0 saturated carbocycles. The van der Waals surface area contributed by atoms with E-state index < -0.39 is 11.4 Å². The molecule has 3 N–H and O–H groups in total. The molecule has 2 unspecified atom stereocenters. The van der Waals surface area contributed by atoms with Gasteiger partial charge in [0, 0.05) is 20.1 Å². The number of carbonyl (C=O) groups is 2. The Labute approximate surface area is 114 Å². The molecule has 19 heavy (non-hydrogen) atoms. The number of ether oxygens (including phenoxy) is 1. The van der Waals surface area contributed by atoms with Crippen molar-refractivity contribution in [2.75, 3.05) is 20.3 Å². The van der Waals surface area contributed by atoms with Gasteiger partial charge in [-0.05, 0) is 19.3 Å². The fourth-order valence-corrected chi connectivity index (χ4v) is 1.69. The topological polar surface area (TPSA) is 95.9 Å². The van der Waals surface area contributed by atoms with Gasteiger partial charge in [0.15, 0.2) is 0 Å². The predicted molar refractivity (Wildman–Crippen MR) is 70.7 cm³/mol. The fourth-order valence-electron chi connectivity index (χ4n) is 1.69. The van der Waals surface area contributed by atoms with Crippen molar-refractivity contribution in [1.82, 2.24) is 5.32 Å².